The molecule has 20 heteroatoms. The normalized spacial score (nSPS) is 13.7. The second-order valence-electron chi connectivity index (χ2n) is 16.5. The molecule has 2 atom stereocenters. The average molecular weight is 977 g/mol. The highest BCUT2D eigenvalue weighted by Gasteiger charge is 2.49. The predicted molar refractivity (Wildman–Crippen MR) is 234 cm³/mol. The van der Waals surface area contributed by atoms with Crippen LogP contribution in [-0.4, -0.2) is 180 Å². The Morgan fingerprint density at radius 3 is 1.35 bits per heavy atom. The SMILES string of the molecule is COCCOCCOCCOCCOCCOCCOCCOCCOC(=O)C(C)(Br)CC(C)(CC(C)(C)C(=O)OCCCCCC(=O)OC)C(=O)OCCNC(=O)OC(C)(C)C. The number of carbonyl (C=O) groups excluding carboxylic acids is 5. The van der Waals surface area contributed by atoms with Crippen LogP contribution >= 0.6 is 15.9 Å². The van der Waals surface area contributed by atoms with Crippen LogP contribution in [0, 0.1) is 10.8 Å². The highest BCUT2D eigenvalue weighted by molar-refractivity contribution is 9.10. The molecule has 0 heterocycles. The first kappa shape index (κ1) is 60.3. The Morgan fingerprint density at radius 2 is 0.905 bits per heavy atom. The Hall–Kier alpha value is -2.69. The van der Waals surface area contributed by atoms with Crippen LogP contribution in [0.15, 0.2) is 0 Å². The molecule has 0 radical (unpaired) electrons. The van der Waals surface area contributed by atoms with Crippen molar-refractivity contribution in [3.05, 3.63) is 0 Å². The molecule has 1 amide bonds. The lowest BCUT2D eigenvalue weighted by Gasteiger charge is -2.37. The maximum absolute atomic E-state index is 13.7. The Kier molecular flexibility index (Phi) is 34.0. The summed E-state index contributed by atoms with van der Waals surface area (Å²) < 4.78 is 68.2. The maximum Gasteiger partial charge on any atom is 0.407 e. The monoisotopic (exact) mass is 975 g/mol. The fourth-order valence-corrected chi connectivity index (χ4v) is 6.50. The molecule has 0 saturated heterocycles. The topological polar surface area (TPSA) is 217 Å². The highest BCUT2D eigenvalue weighted by Crippen LogP contribution is 2.44. The number of alkyl halides is 1. The molecule has 0 aromatic carbocycles. The van der Waals surface area contributed by atoms with Crippen LogP contribution in [-0.2, 0) is 80.8 Å². The van der Waals surface area contributed by atoms with Crippen LogP contribution < -0.4 is 5.32 Å². The van der Waals surface area contributed by atoms with Gasteiger partial charge in [-0.15, -0.1) is 0 Å². The van der Waals surface area contributed by atoms with Crippen LogP contribution in [0.5, 0.6) is 0 Å². The fraction of sp³-hybridized carbons (Fsp3) is 0.884. The quantitative estimate of drug-likeness (QED) is 0.0384. The fourth-order valence-electron chi connectivity index (χ4n) is 5.76. The summed E-state index contributed by atoms with van der Waals surface area (Å²) in [4.78, 5) is 63.7. The minimum absolute atomic E-state index is 0.0246. The molecule has 0 rings (SSSR count). The highest BCUT2D eigenvalue weighted by atomic mass is 79.9. The van der Waals surface area contributed by atoms with Gasteiger partial charge in [0.2, 0.25) is 0 Å². The van der Waals surface area contributed by atoms with Gasteiger partial charge in [-0.3, -0.25) is 19.2 Å². The van der Waals surface area contributed by atoms with Crippen molar-refractivity contribution in [2.75, 3.05) is 140 Å². The van der Waals surface area contributed by atoms with Crippen LogP contribution in [0.4, 0.5) is 4.79 Å². The molecule has 2 unspecified atom stereocenters. The van der Waals surface area contributed by atoms with Crippen molar-refractivity contribution in [3.8, 4) is 0 Å². The van der Waals surface area contributed by atoms with Crippen molar-refractivity contribution < 1.29 is 85.6 Å². The van der Waals surface area contributed by atoms with Crippen molar-refractivity contribution in [2.24, 2.45) is 10.8 Å². The standard InChI is InChI=1S/C43H78BrNO18/c1-40(2,3)63-39(50)45-14-16-61-37(48)42(6,33-41(4,5)36(47)60-15-12-10-11-13-35(46)52-9)34-43(7,44)38(49)62-32-31-59-30-29-58-28-27-57-26-25-56-24-23-55-22-21-54-20-19-53-18-17-51-8/h10-34H2,1-9H3,(H,45,50). The third kappa shape index (κ3) is 33.5. The Morgan fingerprint density at radius 1 is 0.476 bits per heavy atom. The first-order valence-corrected chi connectivity index (χ1v) is 22.4. The van der Waals surface area contributed by atoms with Crippen LogP contribution in [0.25, 0.3) is 0 Å². The number of amides is 1. The minimum atomic E-state index is -1.40. The van der Waals surface area contributed by atoms with Gasteiger partial charge in [-0.05, 0) is 80.6 Å². The summed E-state index contributed by atoms with van der Waals surface area (Å²) >= 11 is 3.47. The van der Waals surface area contributed by atoms with Gasteiger partial charge in [0.1, 0.15) is 23.1 Å². The number of carbonyl (C=O) groups is 5. The molecule has 0 saturated carbocycles. The summed E-state index contributed by atoms with van der Waals surface area (Å²) in [6.45, 7) is 17.9. The van der Waals surface area contributed by atoms with Crippen LogP contribution in [0.3, 0.4) is 0 Å². The molecule has 1 N–H and O–H groups in total. The van der Waals surface area contributed by atoms with E-state index >= 15 is 0 Å². The lowest BCUT2D eigenvalue weighted by molar-refractivity contribution is -0.164. The maximum atomic E-state index is 13.7. The van der Waals surface area contributed by atoms with Crippen molar-refractivity contribution in [1.82, 2.24) is 5.32 Å². The van der Waals surface area contributed by atoms with E-state index in [0.717, 1.165) is 0 Å². The first-order valence-electron chi connectivity index (χ1n) is 21.6. The minimum Gasteiger partial charge on any atom is -0.469 e. The summed E-state index contributed by atoms with van der Waals surface area (Å²) in [5, 5.41) is 2.54. The van der Waals surface area contributed by atoms with Crippen molar-refractivity contribution in [1.29, 1.82) is 0 Å². The zero-order chi connectivity index (χ0) is 47.5. The van der Waals surface area contributed by atoms with Gasteiger partial charge in [0, 0.05) is 13.5 Å². The van der Waals surface area contributed by atoms with Gasteiger partial charge in [0.05, 0.1) is 130 Å². The lowest BCUT2D eigenvalue weighted by atomic mass is 9.69. The summed E-state index contributed by atoms with van der Waals surface area (Å²) in [5.74, 6) is -2.17. The number of hydrogen-bond acceptors (Lipinski definition) is 18. The van der Waals surface area contributed by atoms with E-state index in [1.807, 2.05) is 0 Å². The Balaban J connectivity index is 4.67. The van der Waals surface area contributed by atoms with E-state index in [1.165, 1.54) is 7.11 Å². The molecule has 19 nitrogen and oxygen atoms in total. The van der Waals surface area contributed by atoms with E-state index in [1.54, 1.807) is 55.6 Å². The number of hydrogen-bond donors (Lipinski definition) is 1. The Bertz CT molecular complexity index is 1250. The molecule has 0 aromatic heterocycles. The molecule has 0 fully saturated rings. The number of nitrogens with one attached hydrogen (secondary N) is 1. The summed E-state index contributed by atoms with van der Waals surface area (Å²) in [7, 11) is 2.96. The molecule has 0 aliphatic heterocycles. The van der Waals surface area contributed by atoms with Crippen molar-refractivity contribution >= 4 is 45.9 Å². The van der Waals surface area contributed by atoms with Gasteiger partial charge in [0.25, 0.3) is 0 Å². The second-order valence-corrected chi connectivity index (χ2v) is 18.2. The van der Waals surface area contributed by atoms with Crippen molar-refractivity contribution in [3.63, 3.8) is 0 Å². The van der Waals surface area contributed by atoms with E-state index < -0.39 is 44.8 Å². The van der Waals surface area contributed by atoms with Gasteiger partial charge in [0.15, 0.2) is 0 Å². The number of rotatable bonds is 40. The predicted octanol–water partition coefficient (Wildman–Crippen LogP) is 4.60. The number of halogens is 1. The molecule has 0 aliphatic carbocycles. The lowest BCUT2D eigenvalue weighted by Crippen LogP contribution is -2.45. The van der Waals surface area contributed by atoms with Gasteiger partial charge in [-0.25, -0.2) is 4.79 Å². The molecular formula is C43H78BrNO18. The second kappa shape index (κ2) is 35.6. The third-order valence-electron chi connectivity index (χ3n) is 8.64. The number of unbranched alkanes of at least 4 members (excludes halogenated alkanes) is 2. The van der Waals surface area contributed by atoms with E-state index in [4.69, 9.17) is 56.8 Å². The number of esters is 4. The van der Waals surface area contributed by atoms with E-state index in [2.05, 4.69) is 26.0 Å². The number of methoxy groups -OCH3 is 2. The molecular weight excluding hydrogens is 898 g/mol. The van der Waals surface area contributed by atoms with Crippen LogP contribution in [0.2, 0.25) is 0 Å². The molecule has 63 heavy (non-hydrogen) atoms. The van der Waals surface area contributed by atoms with E-state index in [9.17, 15) is 24.0 Å². The average Bonchev–Trinajstić information content (AvgIpc) is 3.20. The largest absolute Gasteiger partial charge is 0.469 e. The van der Waals surface area contributed by atoms with Crippen molar-refractivity contribution in [2.45, 2.75) is 96.9 Å². The third-order valence-corrected chi connectivity index (χ3v) is 9.24. The molecule has 0 spiro atoms. The zero-order valence-electron chi connectivity index (χ0n) is 39.4. The summed E-state index contributed by atoms with van der Waals surface area (Å²) in [6, 6.07) is 0. The van der Waals surface area contributed by atoms with Gasteiger partial charge >= 0.3 is 30.0 Å². The Labute approximate surface area is 383 Å². The first-order chi connectivity index (χ1) is 29.8. The van der Waals surface area contributed by atoms with Crippen LogP contribution in [0.1, 0.15) is 87.0 Å². The van der Waals surface area contributed by atoms with Gasteiger partial charge in [-0.2, -0.15) is 0 Å². The zero-order valence-corrected chi connectivity index (χ0v) is 41.0. The summed E-state index contributed by atoms with van der Waals surface area (Å²) in [6.07, 6.45) is 1.25. The van der Waals surface area contributed by atoms with E-state index in [-0.39, 0.29) is 64.8 Å². The molecule has 0 aromatic rings. The van der Waals surface area contributed by atoms with E-state index in [0.29, 0.717) is 105 Å². The molecule has 0 bridgehead atoms. The van der Waals surface area contributed by atoms with Gasteiger partial charge < -0.3 is 66.9 Å². The number of ether oxygens (including phenoxy) is 13. The summed E-state index contributed by atoms with van der Waals surface area (Å²) in [5.41, 5.74) is -3.28. The molecule has 0 aliphatic rings. The number of alkyl carbamates (subject to hydrolysis) is 1. The smallest absolute Gasteiger partial charge is 0.407 e. The molecule has 370 valence electrons. The van der Waals surface area contributed by atoms with Gasteiger partial charge in [-0.1, -0.05) is 15.9 Å².